The zero-order valence-electron chi connectivity index (χ0n) is 11.1. The molecule has 0 aromatic rings. The number of aliphatic hydroxyl groups excluding tert-OH is 3. The van der Waals surface area contributed by atoms with E-state index in [1.165, 1.54) is 0 Å². The molecule has 0 heterocycles. The molecule has 0 bridgehead atoms. The van der Waals surface area contributed by atoms with Crippen molar-refractivity contribution < 1.29 is 40.6 Å². The first-order valence-electron chi connectivity index (χ1n) is 6.18. The molecule has 8 nitrogen and oxygen atoms in total. The molecular formula is C11H29BN2O6. The monoisotopic (exact) mass is 296 g/mol. The number of carboxylic acids is 1. The number of rotatable bonds is 10. The summed E-state index contributed by atoms with van der Waals surface area (Å²) in [7, 11) is 0. The quantitative estimate of drug-likeness (QED) is 0.253. The second-order valence-corrected chi connectivity index (χ2v) is 3.83. The lowest BCUT2D eigenvalue weighted by atomic mass is 10.2. The van der Waals surface area contributed by atoms with E-state index >= 15 is 0 Å². The minimum absolute atomic E-state index is 0. The van der Waals surface area contributed by atoms with Gasteiger partial charge in [0.25, 0.3) is 0 Å². The van der Waals surface area contributed by atoms with Crippen molar-refractivity contribution in [3.05, 3.63) is 0 Å². The SMILES string of the molecule is OCC[NH+](CCO)CCO.[BH4-].[NH3+]CC(=O)CCC(=O)[O-]. The van der Waals surface area contributed by atoms with Crippen molar-refractivity contribution >= 4 is 20.2 Å². The summed E-state index contributed by atoms with van der Waals surface area (Å²) >= 11 is 0. The van der Waals surface area contributed by atoms with Crippen LogP contribution in [0.25, 0.3) is 0 Å². The molecule has 0 unspecified atom stereocenters. The first-order valence-corrected chi connectivity index (χ1v) is 6.18. The van der Waals surface area contributed by atoms with Crippen LogP contribution in [0.4, 0.5) is 0 Å². The Morgan fingerprint density at radius 2 is 1.35 bits per heavy atom. The Bertz CT molecular complexity index is 229. The predicted octanol–water partition coefficient (Wildman–Crippen LogP) is -7.28. The van der Waals surface area contributed by atoms with E-state index < -0.39 is 5.97 Å². The summed E-state index contributed by atoms with van der Waals surface area (Å²) in [5.74, 6) is -1.32. The van der Waals surface area contributed by atoms with Gasteiger partial charge in [-0.25, -0.2) is 0 Å². The van der Waals surface area contributed by atoms with Gasteiger partial charge in [0, 0.05) is 12.4 Å². The summed E-state index contributed by atoms with van der Waals surface area (Å²) in [6.07, 6.45) is -0.139. The van der Waals surface area contributed by atoms with Gasteiger partial charge in [-0.05, 0) is 6.42 Å². The maximum Gasteiger partial charge on any atom is 0.187 e. The molecule has 0 aromatic carbocycles. The fourth-order valence-electron chi connectivity index (χ4n) is 1.22. The third-order valence-corrected chi connectivity index (χ3v) is 2.28. The summed E-state index contributed by atoms with van der Waals surface area (Å²) in [6, 6.07) is 0. The van der Waals surface area contributed by atoms with Gasteiger partial charge >= 0.3 is 0 Å². The second kappa shape index (κ2) is 18.0. The Hall–Kier alpha value is -0.995. The average molecular weight is 296 g/mol. The Balaban J connectivity index is -0.000000277. The molecular weight excluding hydrogens is 267 g/mol. The highest BCUT2D eigenvalue weighted by atomic mass is 16.4. The fraction of sp³-hybridized carbons (Fsp3) is 0.818. The van der Waals surface area contributed by atoms with Crippen LogP contribution in [0.15, 0.2) is 0 Å². The summed E-state index contributed by atoms with van der Waals surface area (Å²) < 4.78 is 0. The van der Waals surface area contributed by atoms with Crippen molar-refractivity contribution in [2.24, 2.45) is 0 Å². The molecule has 0 radical (unpaired) electrons. The van der Waals surface area contributed by atoms with Crippen molar-refractivity contribution in [3.8, 4) is 0 Å². The molecule has 0 amide bonds. The fourth-order valence-corrected chi connectivity index (χ4v) is 1.22. The Morgan fingerprint density at radius 1 is 0.950 bits per heavy atom. The molecule has 0 aliphatic rings. The number of carboxylic acid groups (broad SMARTS) is 1. The van der Waals surface area contributed by atoms with Crippen molar-refractivity contribution in [1.82, 2.24) is 0 Å². The molecule has 0 aliphatic heterocycles. The number of aliphatic carboxylic acids is 1. The van der Waals surface area contributed by atoms with E-state index in [1.54, 1.807) is 0 Å². The van der Waals surface area contributed by atoms with Crippen LogP contribution in [-0.2, 0) is 9.59 Å². The Morgan fingerprint density at radius 3 is 1.60 bits per heavy atom. The van der Waals surface area contributed by atoms with Crippen LogP contribution < -0.4 is 15.7 Å². The van der Waals surface area contributed by atoms with Crippen molar-refractivity contribution in [1.29, 1.82) is 0 Å². The zero-order chi connectivity index (χ0) is 15.1. The van der Waals surface area contributed by atoms with Crippen LogP contribution in [-0.4, -0.2) is 81.5 Å². The lowest BCUT2D eigenvalue weighted by Gasteiger charge is -2.15. The van der Waals surface area contributed by atoms with Gasteiger partial charge in [0.15, 0.2) is 5.78 Å². The van der Waals surface area contributed by atoms with Crippen molar-refractivity contribution in [2.75, 3.05) is 46.0 Å². The molecule has 122 valence electrons. The van der Waals surface area contributed by atoms with Crippen LogP contribution >= 0.6 is 0 Å². The normalized spacial score (nSPS) is 9.45. The molecule has 7 N–H and O–H groups in total. The number of ketones is 1. The first kappa shape index (κ1) is 24.1. The molecule has 0 saturated heterocycles. The number of carbonyl (C=O) groups is 2. The second-order valence-electron chi connectivity index (χ2n) is 3.83. The molecule has 0 saturated carbocycles. The topological polar surface area (TPSA) is 150 Å². The van der Waals surface area contributed by atoms with E-state index in [9.17, 15) is 14.7 Å². The van der Waals surface area contributed by atoms with Crippen LogP contribution in [0.2, 0.25) is 0 Å². The highest BCUT2D eigenvalue weighted by molar-refractivity contribution is 5.82. The van der Waals surface area contributed by atoms with E-state index in [1.807, 2.05) is 0 Å². The maximum absolute atomic E-state index is 10.4. The van der Waals surface area contributed by atoms with Crippen LogP contribution in [0, 0.1) is 0 Å². The van der Waals surface area contributed by atoms with E-state index in [4.69, 9.17) is 15.3 Å². The van der Waals surface area contributed by atoms with Crippen LogP contribution in [0.5, 0.6) is 0 Å². The molecule has 0 aromatic heterocycles. The van der Waals surface area contributed by atoms with Gasteiger partial charge in [0.1, 0.15) is 26.2 Å². The third-order valence-electron chi connectivity index (χ3n) is 2.28. The van der Waals surface area contributed by atoms with Gasteiger partial charge in [-0.1, -0.05) is 8.41 Å². The van der Waals surface area contributed by atoms with Gasteiger partial charge in [-0.15, -0.1) is 0 Å². The molecule has 0 atom stereocenters. The number of Topliss-reactive ketones (excluding diaryl/α,β-unsaturated/α-hetero) is 1. The summed E-state index contributed by atoms with van der Waals surface area (Å²) in [5.41, 5.74) is 3.30. The lowest BCUT2D eigenvalue weighted by Crippen LogP contribution is -3.13. The van der Waals surface area contributed by atoms with Crippen molar-refractivity contribution in [2.45, 2.75) is 12.8 Å². The summed E-state index contributed by atoms with van der Waals surface area (Å²) in [6.45, 7) is 2.27. The van der Waals surface area contributed by atoms with Gasteiger partial charge in [0.2, 0.25) is 0 Å². The third kappa shape index (κ3) is 19.3. The minimum atomic E-state index is -1.18. The minimum Gasteiger partial charge on any atom is -0.550 e. The lowest BCUT2D eigenvalue weighted by molar-refractivity contribution is -0.901. The first-order chi connectivity index (χ1) is 9.01. The Kier molecular flexibility index (Phi) is 21.7. The zero-order valence-corrected chi connectivity index (χ0v) is 11.1. The average Bonchev–Trinajstić information content (AvgIpc) is 2.37. The summed E-state index contributed by atoms with van der Waals surface area (Å²) in [4.78, 5) is 21.1. The number of hydrogen-bond acceptors (Lipinski definition) is 6. The molecule has 0 rings (SSSR count). The smallest absolute Gasteiger partial charge is 0.187 e. The van der Waals surface area contributed by atoms with E-state index in [0.717, 1.165) is 4.90 Å². The number of carbonyl (C=O) groups excluding carboxylic acids is 2. The van der Waals surface area contributed by atoms with Gasteiger partial charge < -0.3 is 35.9 Å². The highest BCUT2D eigenvalue weighted by Gasteiger charge is 2.04. The van der Waals surface area contributed by atoms with Crippen LogP contribution in [0.1, 0.15) is 12.8 Å². The largest absolute Gasteiger partial charge is 0.550 e. The summed E-state index contributed by atoms with van der Waals surface area (Å²) in [5, 5.41) is 35.3. The van der Waals surface area contributed by atoms with Gasteiger partial charge in [-0.2, -0.15) is 0 Å². The van der Waals surface area contributed by atoms with Gasteiger partial charge in [0.05, 0.1) is 19.8 Å². The molecule has 0 spiro atoms. The highest BCUT2D eigenvalue weighted by Crippen LogP contribution is 1.85. The van der Waals surface area contributed by atoms with E-state index in [2.05, 4.69) is 5.73 Å². The van der Waals surface area contributed by atoms with Crippen molar-refractivity contribution in [3.63, 3.8) is 0 Å². The maximum atomic E-state index is 10.4. The predicted molar refractivity (Wildman–Crippen MR) is 75.2 cm³/mol. The molecule has 0 aliphatic carbocycles. The number of nitrogens with one attached hydrogen (secondary N) is 1. The Labute approximate surface area is 120 Å². The molecule has 0 fully saturated rings. The number of hydrogen-bond donors (Lipinski definition) is 5. The molecule has 9 heteroatoms. The standard InChI is InChI=1S/C6H15NO3.C5H9NO3.BH4/c8-4-1-7(2-5-9)3-6-10;6-3-4(7)1-2-5(8)9;/h8-10H,1-6H2;1-3,6H2,(H,8,9);1H4/q;;-1/p+1. The molecule has 20 heavy (non-hydrogen) atoms. The number of quaternary nitrogens is 2. The van der Waals surface area contributed by atoms with Crippen LogP contribution in [0.3, 0.4) is 0 Å². The van der Waals surface area contributed by atoms with Gasteiger partial charge in [-0.3, -0.25) is 4.79 Å². The van der Waals surface area contributed by atoms with E-state index in [-0.39, 0.29) is 53.4 Å². The van der Waals surface area contributed by atoms with E-state index in [0.29, 0.717) is 19.6 Å². The number of aliphatic hydroxyl groups is 3.